The van der Waals surface area contributed by atoms with E-state index < -0.39 is 9.84 Å². The van der Waals surface area contributed by atoms with E-state index in [9.17, 15) is 8.42 Å². The van der Waals surface area contributed by atoms with Crippen LogP contribution in [0, 0.1) is 0 Å². The van der Waals surface area contributed by atoms with E-state index in [1.807, 2.05) is 0 Å². The Morgan fingerprint density at radius 2 is 2.06 bits per heavy atom. The zero-order valence-corrected chi connectivity index (χ0v) is 10.2. The van der Waals surface area contributed by atoms with Gasteiger partial charge in [0.2, 0.25) is 0 Å². The highest BCUT2D eigenvalue weighted by Gasteiger charge is 2.17. The molecule has 6 heteroatoms. The van der Waals surface area contributed by atoms with Crippen LogP contribution in [0.15, 0.2) is 17.2 Å². The van der Waals surface area contributed by atoms with Gasteiger partial charge in [-0.3, -0.25) is 4.90 Å². The summed E-state index contributed by atoms with van der Waals surface area (Å²) in [4.78, 5) is 5.69. The highest BCUT2D eigenvalue weighted by atomic mass is 32.2. The van der Waals surface area contributed by atoms with E-state index >= 15 is 0 Å². The second-order valence-electron chi connectivity index (χ2n) is 4.12. The molecule has 0 bridgehead atoms. The van der Waals surface area contributed by atoms with E-state index in [4.69, 9.17) is 0 Å². The van der Waals surface area contributed by atoms with Gasteiger partial charge in [-0.15, -0.1) is 0 Å². The van der Waals surface area contributed by atoms with Gasteiger partial charge < -0.3 is 10.3 Å². The number of rotatable bonds is 3. The van der Waals surface area contributed by atoms with Gasteiger partial charge in [-0.2, -0.15) is 0 Å². The Bertz CT molecular complexity index is 446. The Balaban J connectivity index is 2.12. The summed E-state index contributed by atoms with van der Waals surface area (Å²) >= 11 is 0. The largest absolute Gasteiger partial charge is 0.363 e. The number of sulfone groups is 1. The molecule has 0 aromatic carbocycles. The van der Waals surface area contributed by atoms with E-state index in [1.165, 1.54) is 6.26 Å². The average molecular weight is 243 g/mol. The highest BCUT2D eigenvalue weighted by molar-refractivity contribution is 7.90. The van der Waals surface area contributed by atoms with Crippen molar-refractivity contribution in [2.75, 3.05) is 32.4 Å². The van der Waals surface area contributed by atoms with Crippen LogP contribution in [0.25, 0.3) is 0 Å². The second-order valence-corrected chi connectivity index (χ2v) is 6.10. The lowest BCUT2D eigenvalue weighted by Crippen LogP contribution is -2.43. The van der Waals surface area contributed by atoms with Crippen LogP contribution in [0.1, 0.15) is 5.69 Å². The van der Waals surface area contributed by atoms with E-state index in [2.05, 4.69) is 15.2 Å². The minimum atomic E-state index is -3.11. The molecular weight excluding hydrogens is 226 g/mol. The van der Waals surface area contributed by atoms with Gasteiger partial charge in [-0.1, -0.05) is 0 Å². The van der Waals surface area contributed by atoms with Crippen LogP contribution in [-0.4, -0.2) is 50.7 Å². The molecule has 1 aromatic rings. The van der Waals surface area contributed by atoms with Crippen LogP contribution in [0.4, 0.5) is 0 Å². The number of nitrogens with one attached hydrogen (secondary N) is 2. The van der Waals surface area contributed by atoms with Gasteiger partial charge >= 0.3 is 0 Å². The monoisotopic (exact) mass is 243 g/mol. The van der Waals surface area contributed by atoms with Crippen molar-refractivity contribution >= 4 is 9.84 Å². The van der Waals surface area contributed by atoms with Gasteiger partial charge in [-0.25, -0.2) is 8.42 Å². The lowest BCUT2D eigenvalue weighted by Gasteiger charge is -2.26. The lowest BCUT2D eigenvalue weighted by atomic mass is 10.3. The maximum atomic E-state index is 11.5. The Kier molecular flexibility index (Phi) is 3.32. The SMILES string of the molecule is CS(=O)(=O)c1cc[nH]c1CN1CCNCC1. The molecule has 0 aliphatic carbocycles. The van der Waals surface area contributed by atoms with Gasteiger partial charge in [0.05, 0.1) is 4.90 Å². The predicted octanol–water partition coefficient (Wildman–Crippen LogP) is -0.177. The van der Waals surface area contributed by atoms with Gasteiger partial charge in [-0.05, 0) is 6.07 Å². The zero-order valence-electron chi connectivity index (χ0n) is 9.36. The fraction of sp³-hybridized carbons (Fsp3) is 0.600. The fourth-order valence-electron chi connectivity index (χ4n) is 1.95. The normalized spacial score (nSPS) is 18.8. The number of H-pyrrole nitrogens is 1. The third-order valence-corrected chi connectivity index (χ3v) is 3.96. The van der Waals surface area contributed by atoms with Crippen molar-refractivity contribution in [2.24, 2.45) is 0 Å². The number of piperazine rings is 1. The maximum Gasteiger partial charge on any atom is 0.177 e. The summed E-state index contributed by atoms with van der Waals surface area (Å²) in [5.74, 6) is 0. The highest BCUT2D eigenvalue weighted by Crippen LogP contribution is 2.15. The summed E-state index contributed by atoms with van der Waals surface area (Å²) in [6.45, 7) is 4.53. The summed E-state index contributed by atoms with van der Waals surface area (Å²) in [6, 6.07) is 1.63. The summed E-state index contributed by atoms with van der Waals surface area (Å²) in [7, 11) is -3.11. The quantitative estimate of drug-likeness (QED) is 0.773. The molecule has 1 aliphatic heterocycles. The van der Waals surface area contributed by atoms with Crippen molar-refractivity contribution in [1.82, 2.24) is 15.2 Å². The molecule has 1 aliphatic rings. The molecule has 16 heavy (non-hydrogen) atoms. The molecule has 0 radical (unpaired) electrons. The smallest absolute Gasteiger partial charge is 0.177 e. The van der Waals surface area contributed by atoms with Crippen LogP contribution in [0.2, 0.25) is 0 Å². The lowest BCUT2D eigenvalue weighted by molar-refractivity contribution is 0.229. The predicted molar refractivity (Wildman–Crippen MR) is 62.0 cm³/mol. The number of aromatic amines is 1. The van der Waals surface area contributed by atoms with E-state index in [-0.39, 0.29) is 0 Å². The van der Waals surface area contributed by atoms with Gasteiger partial charge in [0.1, 0.15) is 0 Å². The summed E-state index contributed by atoms with van der Waals surface area (Å²) in [5, 5.41) is 3.27. The van der Waals surface area contributed by atoms with Crippen LogP contribution >= 0.6 is 0 Å². The van der Waals surface area contributed by atoms with Crippen molar-refractivity contribution in [3.63, 3.8) is 0 Å². The topological polar surface area (TPSA) is 65.2 Å². The summed E-state index contributed by atoms with van der Waals surface area (Å²) < 4.78 is 23.0. The molecule has 2 heterocycles. The fourth-order valence-corrected chi connectivity index (χ4v) is 2.84. The number of aromatic nitrogens is 1. The maximum absolute atomic E-state index is 11.5. The molecular formula is C10H17N3O2S. The van der Waals surface area contributed by atoms with E-state index in [1.54, 1.807) is 12.3 Å². The van der Waals surface area contributed by atoms with Crippen molar-refractivity contribution < 1.29 is 8.42 Å². The minimum absolute atomic E-state index is 0.422. The third kappa shape index (κ3) is 2.63. The standard InChI is InChI=1S/C10H17N3O2S/c1-16(14,15)10-2-3-12-9(10)8-13-6-4-11-5-7-13/h2-3,11-12H,4-8H2,1H3. The first kappa shape index (κ1) is 11.6. The number of hydrogen-bond donors (Lipinski definition) is 2. The third-order valence-electron chi connectivity index (χ3n) is 2.78. The Hall–Kier alpha value is -0.850. The molecule has 1 fully saturated rings. The second kappa shape index (κ2) is 4.57. The Labute approximate surface area is 95.8 Å². The molecule has 5 nitrogen and oxygen atoms in total. The van der Waals surface area contributed by atoms with E-state index in [0.29, 0.717) is 11.4 Å². The van der Waals surface area contributed by atoms with Crippen molar-refractivity contribution in [2.45, 2.75) is 11.4 Å². The van der Waals surface area contributed by atoms with Crippen LogP contribution in [0.5, 0.6) is 0 Å². The van der Waals surface area contributed by atoms with Gasteiger partial charge in [0.15, 0.2) is 9.84 Å². The molecule has 90 valence electrons. The number of hydrogen-bond acceptors (Lipinski definition) is 4. The first-order chi connectivity index (χ1) is 7.57. The van der Waals surface area contributed by atoms with Crippen LogP contribution in [0.3, 0.4) is 0 Å². The van der Waals surface area contributed by atoms with Gasteiger partial charge in [0.25, 0.3) is 0 Å². The molecule has 0 unspecified atom stereocenters. The Morgan fingerprint density at radius 1 is 1.38 bits per heavy atom. The first-order valence-electron chi connectivity index (χ1n) is 5.37. The zero-order chi connectivity index (χ0) is 11.6. The van der Waals surface area contributed by atoms with Crippen molar-refractivity contribution in [3.05, 3.63) is 18.0 Å². The van der Waals surface area contributed by atoms with Crippen molar-refractivity contribution in [3.8, 4) is 0 Å². The molecule has 2 rings (SSSR count). The average Bonchev–Trinajstić information content (AvgIpc) is 2.67. The van der Waals surface area contributed by atoms with Crippen molar-refractivity contribution in [1.29, 1.82) is 0 Å². The molecule has 1 saturated heterocycles. The summed E-state index contributed by atoms with van der Waals surface area (Å²) in [5.41, 5.74) is 0.796. The van der Waals surface area contributed by atoms with E-state index in [0.717, 1.165) is 31.9 Å². The van der Waals surface area contributed by atoms with Gasteiger partial charge in [0, 0.05) is 50.9 Å². The molecule has 0 amide bonds. The molecule has 1 aromatic heterocycles. The minimum Gasteiger partial charge on any atom is -0.363 e. The molecule has 0 spiro atoms. The Morgan fingerprint density at radius 3 is 2.69 bits per heavy atom. The molecule has 2 N–H and O–H groups in total. The number of nitrogens with zero attached hydrogens (tertiary/aromatic N) is 1. The van der Waals surface area contributed by atoms with Crippen LogP contribution < -0.4 is 5.32 Å². The summed E-state index contributed by atoms with van der Waals surface area (Å²) in [6.07, 6.45) is 2.94. The molecule has 0 saturated carbocycles. The first-order valence-corrected chi connectivity index (χ1v) is 7.26. The molecule has 0 atom stereocenters. The van der Waals surface area contributed by atoms with Crippen LogP contribution in [-0.2, 0) is 16.4 Å².